The SMILES string of the molecule is COc1cc(C(N)=S)ccc1NC(=O)COC(C)(C)C. The van der Waals surface area contributed by atoms with Crippen molar-refractivity contribution < 1.29 is 14.3 Å². The van der Waals surface area contributed by atoms with Gasteiger partial charge >= 0.3 is 0 Å². The van der Waals surface area contributed by atoms with Gasteiger partial charge in [0.2, 0.25) is 5.91 Å². The van der Waals surface area contributed by atoms with E-state index in [0.29, 0.717) is 17.0 Å². The van der Waals surface area contributed by atoms with Crippen LogP contribution in [-0.4, -0.2) is 30.2 Å². The summed E-state index contributed by atoms with van der Waals surface area (Å²) in [5.41, 5.74) is 6.42. The molecule has 0 bridgehead atoms. The molecule has 3 N–H and O–H groups in total. The van der Waals surface area contributed by atoms with Crippen LogP contribution in [0.25, 0.3) is 0 Å². The maximum absolute atomic E-state index is 11.8. The number of anilines is 1. The Morgan fingerprint density at radius 2 is 2.05 bits per heavy atom. The second-order valence-electron chi connectivity index (χ2n) is 5.23. The Morgan fingerprint density at radius 3 is 2.55 bits per heavy atom. The Kier molecular flexibility index (Phi) is 5.47. The third-order valence-corrected chi connectivity index (χ3v) is 2.63. The monoisotopic (exact) mass is 296 g/mol. The number of carbonyl (C=O) groups is 1. The number of amides is 1. The Balaban J connectivity index is 2.77. The number of methoxy groups -OCH3 is 1. The van der Waals surface area contributed by atoms with Crippen LogP contribution >= 0.6 is 12.2 Å². The molecule has 0 fully saturated rings. The minimum atomic E-state index is -0.364. The van der Waals surface area contributed by atoms with Crippen molar-refractivity contribution in [3.8, 4) is 5.75 Å². The number of hydrogen-bond acceptors (Lipinski definition) is 4. The summed E-state index contributed by atoms with van der Waals surface area (Å²) in [4.78, 5) is 12.1. The highest BCUT2D eigenvalue weighted by molar-refractivity contribution is 7.80. The van der Waals surface area contributed by atoms with Gasteiger partial charge in [-0.3, -0.25) is 4.79 Å². The third kappa shape index (κ3) is 5.14. The van der Waals surface area contributed by atoms with E-state index in [1.54, 1.807) is 18.2 Å². The summed E-state index contributed by atoms with van der Waals surface area (Å²) in [6, 6.07) is 5.11. The molecule has 0 aliphatic heterocycles. The number of benzene rings is 1. The van der Waals surface area contributed by atoms with Crippen LogP contribution in [0.5, 0.6) is 5.75 Å². The molecule has 6 heteroatoms. The number of thiocarbonyl (C=S) groups is 1. The zero-order valence-electron chi connectivity index (χ0n) is 12.1. The van der Waals surface area contributed by atoms with Gasteiger partial charge in [0.1, 0.15) is 17.3 Å². The largest absolute Gasteiger partial charge is 0.495 e. The van der Waals surface area contributed by atoms with Crippen molar-refractivity contribution in [2.45, 2.75) is 26.4 Å². The molecule has 0 saturated heterocycles. The summed E-state index contributed by atoms with van der Waals surface area (Å²) in [6.45, 7) is 5.64. The van der Waals surface area contributed by atoms with Gasteiger partial charge in [-0.15, -0.1) is 0 Å². The predicted octanol–water partition coefficient (Wildman–Crippen LogP) is 2.08. The maximum Gasteiger partial charge on any atom is 0.250 e. The quantitative estimate of drug-likeness (QED) is 0.814. The van der Waals surface area contributed by atoms with Crippen LogP contribution < -0.4 is 15.8 Å². The van der Waals surface area contributed by atoms with Crippen molar-refractivity contribution in [3.05, 3.63) is 23.8 Å². The highest BCUT2D eigenvalue weighted by Crippen LogP contribution is 2.25. The molecule has 0 saturated carbocycles. The molecule has 1 rings (SSSR count). The van der Waals surface area contributed by atoms with Crippen molar-refractivity contribution in [1.82, 2.24) is 0 Å². The number of nitrogens with one attached hydrogen (secondary N) is 1. The zero-order valence-corrected chi connectivity index (χ0v) is 13.0. The minimum Gasteiger partial charge on any atom is -0.495 e. The Labute approximate surface area is 124 Å². The molecule has 0 aliphatic carbocycles. The molecular weight excluding hydrogens is 276 g/mol. The van der Waals surface area contributed by atoms with Gasteiger partial charge in [-0.25, -0.2) is 0 Å². The molecule has 0 atom stereocenters. The molecule has 20 heavy (non-hydrogen) atoms. The van der Waals surface area contributed by atoms with Crippen LogP contribution in [0.15, 0.2) is 18.2 Å². The fraction of sp³-hybridized carbons (Fsp3) is 0.429. The predicted molar refractivity (Wildman–Crippen MR) is 83.2 cm³/mol. The number of ether oxygens (including phenoxy) is 2. The van der Waals surface area contributed by atoms with Gasteiger partial charge < -0.3 is 20.5 Å². The van der Waals surface area contributed by atoms with E-state index in [1.807, 2.05) is 20.8 Å². The summed E-state index contributed by atoms with van der Waals surface area (Å²) in [5.74, 6) is 0.251. The first-order valence-corrected chi connectivity index (χ1v) is 6.55. The molecule has 0 aromatic heterocycles. The molecule has 0 heterocycles. The molecule has 5 nitrogen and oxygen atoms in total. The van der Waals surface area contributed by atoms with E-state index >= 15 is 0 Å². The summed E-state index contributed by atoms with van der Waals surface area (Å²) in [7, 11) is 1.51. The van der Waals surface area contributed by atoms with Gasteiger partial charge in [0.05, 0.1) is 18.4 Å². The van der Waals surface area contributed by atoms with Crippen molar-refractivity contribution in [2.24, 2.45) is 5.73 Å². The van der Waals surface area contributed by atoms with Gasteiger partial charge in [0, 0.05) is 5.56 Å². The second kappa shape index (κ2) is 6.67. The first-order chi connectivity index (χ1) is 9.23. The molecule has 110 valence electrons. The van der Waals surface area contributed by atoms with Crippen LogP contribution in [0.2, 0.25) is 0 Å². The van der Waals surface area contributed by atoms with Crippen molar-refractivity contribution in [2.75, 3.05) is 19.0 Å². The smallest absolute Gasteiger partial charge is 0.250 e. The summed E-state index contributed by atoms with van der Waals surface area (Å²) in [5, 5.41) is 2.73. The van der Waals surface area contributed by atoms with Gasteiger partial charge in [-0.1, -0.05) is 12.2 Å². The first-order valence-electron chi connectivity index (χ1n) is 6.14. The Hall–Kier alpha value is -1.66. The highest BCUT2D eigenvalue weighted by atomic mass is 32.1. The lowest BCUT2D eigenvalue weighted by Gasteiger charge is -2.19. The molecule has 1 aromatic rings. The molecule has 0 spiro atoms. The number of rotatable bonds is 5. The first kappa shape index (κ1) is 16.4. The second-order valence-corrected chi connectivity index (χ2v) is 5.67. The molecule has 0 radical (unpaired) electrons. The van der Waals surface area contributed by atoms with Crippen LogP contribution in [0, 0.1) is 0 Å². The molecule has 0 unspecified atom stereocenters. The lowest BCUT2D eigenvalue weighted by Crippen LogP contribution is -2.27. The average molecular weight is 296 g/mol. The van der Waals surface area contributed by atoms with Crippen LogP contribution in [0.4, 0.5) is 5.69 Å². The average Bonchev–Trinajstić information content (AvgIpc) is 2.35. The van der Waals surface area contributed by atoms with Gasteiger partial charge in [-0.05, 0) is 39.0 Å². The fourth-order valence-corrected chi connectivity index (χ4v) is 1.54. The van der Waals surface area contributed by atoms with E-state index < -0.39 is 0 Å². The van der Waals surface area contributed by atoms with Crippen LogP contribution in [-0.2, 0) is 9.53 Å². The van der Waals surface area contributed by atoms with Gasteiger partial charge in [-0.2, -0.15) is 0 Å². The molecular formula is C14H20N2O3S. The van der Waals surface area contributed by atoms with Gasteiger partial charge in [0.15, 0.2) is 0 Å². The van der Waals surface area contributed by atoms with Crippen LogP contribution in [0.1, 0.15) is 26.3 Å². The highest BCUT2D eigenvalue weighted by Gasteiger charge is 2.14. The Morgan fingerprint density at radius 1 is 1.40 bits per heavy atom. The van der Waals surface area contributed by atoms with Crippen molar-refractivity contribution in [3.63, 3.8) is 0 Å². The number of hydrogen-bond donors (Lipinski definition) is 2. The molecule has 0 aliphatic rings. The lowest BCUT2D eigenvalue weighted by atomic mass is 10.2. The van der Waals surface area contributed by atoms with E-state index in [-0.39, 0.29) is 23.1 Å². The summed E-state index contributed by atoms with van der Waals surface area (Å²) in [6.07, 6.45) is 0. The van der Waals surface area contributed by atoms with Crippen molar-refractivity contribution in [1.29, 1.82) is 0 Å². The minimum absolute atomic E-state index is 0.0241. The van der Waals surface area contributed by atoms with E-state index in [4.69, 9.17) is 27.4 Å². The van der Waals surface area contributed by atoms with Crippen molar-refractivity contribution >= 4 is 28.8 Å². The Bertz CT molecular complexity index is 510. The van der Waals surface area contributed by atoms with Crippen LogP contribution in [0.3, 0.4) is 0 Å². The fourth-order valence-electron chi connectivity index (χ4n) is 1.42. The van der Waals surface area contributed by atoms with E-state index in [0.717, 1.165) is 0 Å². The standard InChI is InChI=1S/C14H20N2O3S/c1-14(2,3)19-8-12(17)16-10-6-5-9(13(15)20)7-11(10)18-4/h5-7H,8H2,1-4H3,(H2,15,20)(H,16,17). The lowest BCUT2D eigenvalue weighted by molar-refractivity contribution is -0.125. The summed E-state index contributed by atoms with van der Waals surface area (Å²) >= 11 is 4.90. The zero-order chi connectivity index (χ0) is 15.3. The number of nitrogens with two attached hydrogens (primary N) is 1. The number of carbonyl (C=O) groups excluding carboxylic acids is 1. The van der Waals surface area contributed by atoms with E-state index in [9.17, 15) is 4.79 Å². The maximum atomic E-state index is 11.8. The molecule has 1 aromatic carbocycles. The van der Waals surface area contributed by atoms with E-state index in [2.05, 4.69) is 5.32 Å². The topological polar surface area (TPSA) is 73.6 Å². The third-order valence-electron chi connectivity index (χ3n) is 2.40. The van der Waals surface area contributed by atoms with E-state index in [1.165, 1.54) is 7.11 Å². The van der Waals surface area contributed by atoms with Gasteiger partial charge in [0.25, 0.3) is 0 Å². The normalized spacial score (nSPS) is 11.0. The summed E-state index contributed by atoms with van der Waals surface area (Å²) < 4.78 is 10.6. The molecule has 1 amide bonds.